The van der Waals surface area contributed by atoms with Crippen LogP contribution in [0.1, 0.15) is 44.2 Å². The topological polar surface area (TPSA) is 43.0 Å². The minimum Gasteiger partial charge on any atom is -0.387 e. The second-order valence-corrected chi connectivity index (χ2v) is 5.56. The second-order valence-electron chi connectivity index (χ2n) is 5.17. The van der Waals surface area contributed by atoms with Crippen LogP contribution in [0.25, 0.3) is 11.4 Å². The lowest BCUT2D eigenvalue weighted by atomic mass is 10.1. The van der Waals surface area contributed by atoms with Crippen molar-refractivity contribution in [3.63, 3.8) is 0 Å². The number of aliphatic hydroxyl groups is 1. The van der Waals surface area contributed by atoms with Gasteiger partial charge < -0.3 is 9.67 Å². The second kappa shape index (κ2) is 6.54. The van der Waals surface area contributed by atoms with Gasteiger partial charge in [-0.25, -0.2) is 0 Å². The molecule has 0 amide bonds. The van der Waals surface area contributed by atoms with Crippen molar-refractivity contribution < 1.29 is 5.11 Å². The zero-order chi connectivity index (χ0) is 15.0. The summed E-state index contributed by atoms with van der Waals surface area (Å²) in [6, 6.07) is 4.03. The van der Waals surface area contributed by atoms with E-state index >= 15 is 0 Å². The summed E-state index contributed by atoms with van der Waals surface area (Å²) in [6.07, 6.45) is -0.532. The van der Waals surface area contributed by atoms with Gasteiger partial charge in [0, 0.05) is 13.6 Å². The Hall–Kier alpha value is -1.46. The Balaban J connectivity index is 0.00000220. The van der Waals surface area contributed by atoms with Crippen LogP contribution in [-0.4, -0.2) is 19.5 Å². The Labute approximate surface area is 132 Å². The third-order valence-corrected chi connectivity index (χ3v) is 4.16. The summed E-state index contributed by atoms with van der Waals surface area (Å²) in [7, 11) is 1.96. The molecule has 1 atom stereocenters. The molecule has 0 spiro atoms. The lowest BCUT2D eigenvalue weighted by molar-refractivity contribution is 0.187. The quantitative estimate of drug-likeness (QED) is 0.873. The van der Waals surface area contributed by atoms with Crippen molar-refractivity contribution in [2.75, 3.05) is 0 Å². The Morgan fingerprint density at radius 3 is 2.38 bits per heavy atom. The maximum atomic E-state index is 9.84. The smallest absolute Gasteiger partial charge is 0.109 e. The van der Waals surface area contributed by atoms with Crippen LogP contribution >= 0.6 is 12.2 Å². The summed E-state index contributed by atoms with van der Waals surface area (Å²) in [5.41, 5.74) is 4.92. The average molecular weight is 307 g/mol. The number of aryl methyl sites for hydroxylation is 3. The van der Waals surface area contributed by atoms with E-state index in [4.69, 9.17) is 12.2 Å². The predicted octanol–water partition coefficient (Wildman–Crippen LogP) is 3.94. The molecule has 5 heteroatoms. The first-order valence-electron chi connectivity index (χ1n) is 6.80. The van der Waals surface area contributed by atoms with Gasteiger partial charge >= 0.3 is 0 Å². The molecule has 0 aromatic carbocycles. The van der Waals surface area contributed by atoms with Crippen LogP contribution in [0, 0.1) is 18.5 Å². The van der Waals surface area contributed by atoms with Gasteiger partial charge in [0.1, 0.15) is 10.3 Å². The highest BCUT2D eigenvalue weighted by Crippen LogP contribution is 2.26. The molecule has 0 radical (unpaired) electrons. The van der Waals surface area contributed by atoms with E-state index in [0.29, 0.717) is 0 Å². The molecule has 0 fully saturated rings. The number of nitrogens with zero attached hydrogens (tertiary/aromatic N) is 3. The average Bonchev–Trinajstić information content (AvgIpc) is 2.80. The van der Waals surface area contributed by atoms with E-state index in [1.54, 1.807) is 6.92 Å². The number of aliphatic hydroxyl groups excluding tert-OH is 1. The molecule has 2 heterocycles. The van der Waals surface area contributed by atoms with Crippen molar-refractivity contribution >= 4 is 12.2 Å². The highest BCUT2D eigenvalue weighted by molar-refractivity contribution is 7.71. The lowest BCUT2D eigenvalue weighted by Gasteiger charge is -2.12. The monoisotopic (exact) mass is 307 g/mol. The summed E-state index contributed by atoms with van der Waals surface area (Å²) >= 11 is 5.44. The van der Waals surface area contributed by atoms with Gasteiger partial charge in [0.2, 0.25) is 0 Å². The molecule has 4 nitrogen and oxygen atoms in total. The molecular weight excluding hydrogens is 282 g/mol. The van der Waals surface area contributed by atoms with E-state index < -0.39 is 6.10 Å². The van der Waals surface area contributed by atoms with Gasteiger partial charge in [-0.2, -0.15) is 5.10 Å². The van der Waals surface area contributed by atoms with Gasteiger partial charge in [0.25, 0.3) is 0 Å². The number of rotatable bonds is 3. The number of hydrogen-bond donors (Lipinski definition) is 1. The van der Waals surface area contributed by atoms with E-state index in [-0.39, 0.29) is 7.43 Å². The minimum absolute atomic E-state index is 0. The normalized spacial score (nSPS) is 12.1. The van der Waals surface area contributed by atoms with Crippen molar-refractivity contribution in [3.8, 4) is 11.4 Å². The maximum absolute atomic E-state index is 9.84. The highest BCUT2D eigenvalue weighted by atomic mass is 32.1. The van der Waals surface area contributed by atoms with Crippen LogP contribution in [0.3, 0.4) is 0 Å². The van der Waals surface area contributed by atoms with Crippen LogP contribution in [0.2, 0.25) is 0 Å². The number of hydrogen-bond acceptors (Lipinski definition) is 3. The van der Waals surface area contributed by atoms with Crippen LogP contribution in [0.15, 0.2) is 12.1 Å². The van der Waals surface area contributed by atoms with Gasteiger partial charge in [-0.05, 0) is 44.9 Å². The van der Waals surface area contributed by atoms with Gasteiger partial charge in [-0.3, -0.25) is 4.68 Å². The SMILES string of the molecule is C.CCn1nc(-c2c(C)cc(C)c(=S)n2C)cc1C(C)O. The van der Waals surface area contributed by atoms with Gasteiger partial charge in [0.15, 0.2) is 0 Å². The fourth-order valence-corrected chi connectivity index (χ4v) is 2.75. The Bertz CT molecular complexity index is 698. The fraction of sp³-hybridized carbons (Fsp3) is 0.500. The fourth-order valence-electron chi connectivity index (χ4n) is 2.60. The molecule has 116 valence electrons. The lowest BCUT2D eigenvalue weighted by Crippen LogP contribution is -2.06. The van der Waals surface area contributed by atoms with Crippen LogP contribution in [-0.2, 0) is 13.6 Å². The van der Waals surface area contributed by atoms with Crippen molar-refractivity contribution in [2.24, 2.45) is 7.05 Å². The Kier molecular flexibility index (Phi) is 5.48. The van der Waals surface area contributed by atoms with E-state index in [9.17, 15) is 5.11 Å². The summed E-state index contributed by atoms with van der Waals surface area (Å²) in [5, 5.41) is 14.4. The third kappa shape index (κ3) is 3.09. The number of aromatic nitrogens is 3. The molecule has 0 aliphatic rings. The summed E-state index contributed by atoms with van der Waals surface area (Å²) in [4.78, 5) is 0. The largest absolute Gasteiger partial charge is 0.387 e. The molecule has 0 aliphatic carbocycles. The third-order valence-electron chi connectivity index (χ3n) is 3.57. The predicted molar refractivity (Wildman–Crippen MR) is 90.0 cm³/mol. The highest BCUT2D eigenvalue weighted by Gasteiger charge is 2.16. The first kappa shape index (κ1) is 17.6. The van der Waals surface area contributed by atoms with Gasteiger partial charge in [-0.15, -0.1) is 0 Å². The summed E-state index contributed by atoms with van der Waals surface area (Å²) < 4.78 is 4.64. The first-order valence-corrected chi connectivity index (χ1v) is 7.21. The summed E-state index contributed by atoms with van der Waals surface area (Å²) in [6.45, 7) is 8.58. The van der Waals surface area contributed by atoms with Crippen LogP contribution in [0.4, 0.5) is 0 Å². The minimum atomic E-state index is -0.532. The van der Waals surface area contributed by atoms with Crippen molar-refractivity contribution in [3.05, 3.63) is 33.6 Å². The molecule has 1 unspecified atom stereocenters. The molecule has 0 aliphatic heterocycles. The molecule has 1 N–H and O–H groups in total. The van der Waals surface area contributed by atoms with E-state index in [2.05, 4.69) is 18.1 Å². The molecule has 2 aromatic heterocycles. The van der Waals surface area contributed by atoms with Crippen molar-refractivity contribution in [1.82, 2.24) is 14.3 Å². The Morgan fingerprint density at radius 2 is 1.90 bits per heavy atom. The van der Waals surface area contributed by atoms with Crippen LogP contribution in [0.5, 0.6) is 0 Å². The molecular formula is C16H25N3OS. The van der Waals surface area contributed by atoms with E-state index in [0.717, 1.165) is 39.4 Å². The summed E-state index contributed by atoms with van der Waals surface area (Å²) in [5.74, 6) is 0. The molecule has 0 bridgehead atoms. The van der Waals surface area contributed by atoms with E-state index in [1.165, 1.54) is 0 Å². The number of pyridine rings is 1. The van der Waals surface area contributed by atoms with Gasteiger partial charge in [-0.1, -0.05) is 25.7 Å². The first-order chi connectivity index (χ1) is 9.36. The maximum Gasteiger partial charge on any atom is 0.109 e. The molecule has 2 aromatic rings. The molecule has 2 rings (SSSR count). The Morgan fingerprint density at radius 1 is 1.29 bits per heavy atom. The van der Waals surface area contributed by atoms with Crippen molar-refractivity contribution in [1.29, 1.82) is 0 Å². The molecule has 0 saturated carbocycles. The zero-order valence-electron chi connectivity index (χ0n) is 12.6. The van der Waals surface area contributed by atoms with E-state index in [1.807, 2.05) is 36.2 Å². The molecule has 21 heavy (non-hydrogen) atoms. The van der Waals surface area contributed by atoms with Crippen LogP contribution < -0.4 is 0 Å². The van der Waals surface area contributed by atoms with Gasteiger partial charge in [0.05, 0.1) is 17.5 Å². The zero-order valence-corrected chi connectivity index (χ0v) is 13.5. The standard InChI is InChI=1S/C15H21N3OS.CH4/c1-6-18-13(11(4)19)8-12(16-18)14-9(2)7-10(3)15(20)17(14)5;/h7-8,11,19H,6H2,1-5H3;1H4. The van der Waals surface area contributed by atoms with Crippen molar-refractivity contribution in [2.45, 2.75) is 47.8 Å². The molecule has 0 saturated heterocycles.